The number of hydrogen-bond acceptors (Lipinski definition) is 3. The summed E-state index contributed by atoms with van der Waals surface area (Å²) in [7, 11) is 1.81. The molecule has 0 aliphatic heterocycles. The lowest BCUT2D eigenvalue weighted by Gasteiger charge is -2.13. The molecule has 1 saturated carbocycles. The number of nitrogens with one attached hydrogen (secondary N) is 1. The summed E-state index contributed by atoms with van der Waals surface area (Å²) in [5.74, 6) is 0.277. The van der Waals surface area contributed by atoms with Crippen molar-refractivity contribution in [1.82, 2.24) is 9.78 Å². The third-order valence-corrected chi connectivity index (χ3v) is 4.76. The van der Waals surface area contributed by atoms with Gasteiger partial charge in [-0.25, -0.2) is 0 Å². The highest BCUT2D eigenvalue weighted by Crippen LogP contribution is 2.26. The molecule has 1 fully saturated rings. The van der Waals surface area contributed by atoms with Crippen molar-refractivity contribution in [2.75, 3.05) is 5.32 Å². The molecule has 2 aromatic rings. The topological polar surface area (TPSA) is 64.0 Å². The number of nitrogens with zero attached hydrogens (tertiary/aromatic N) is 2. The second-order valence-corrected chi connectivity index (χ2v) is 6.61. The third-order valence-electron chi connectivity index (χ3n) is 4.76. The van der Waals surface area contributed by atoms with Gasteiger partial charge in [0.1, 0.15) is 5.78 Å². The lowest BCUT2D eigenvalue weighted by atomic mass is 9.94. The van der Waals surface area contributed by atoms with E-state index in [9.17, 15) is 9.59 Å². The molecule has 1 aromatic heterocycles. The molecule has 1 aliphatic carbocycles. The summed E-state index contributed by atoms with van der Waals surface area (Å²) in [6.07, 6.45) is 6.97. The van der Waals surface area contributed by atoms with Gasteiger partial charge in [-0.2, -0.15) is 5.10 Å². The van der Waals surface area contributed by atoms with E-state index in [-0.39, 0.29) is 17.7 Å². The number of rotatable bonds is 5. The van der Waals surface area contributed by atoms with E-state index in [4.69, 9.17) is 0 Å². The quantitative estimate of drug-likeness (QED) is 0.919. The summed E-state index contributed by atoms with van der Waals surface area (Å²) < 4.78 is 1.65. The molecule has 2 atom stereocenters. The molecule has 0 bridgehead atoms. The van der Waals surface area contributed by atoms with Crippen LogP contribution in [0.1, 0.15) is 43.2 Å². The van der Waals surface area contributed by atoms with Gasteiger partial charge in [0.15, 0.2) is 0 Å². The molecule has 126 valence electrons. The Labute approximate surface area is 142 Å². The van der Waals surface area contributed by atoms with Crippen LogP contribution in [-0.4, -0.2) is 21.5 Å². The van der Waals surface area contributed by atoms with Crippen molar-refractivity contribution in [3.63, 3.8) is 0 Å². The van der Waals surface area contributed by atoms with Crippen molar-refractivity contribution in [3.8, 4) is 0 Å². The Hall–Kier alpha value is -2.43. The van der Waals surface area contributed by atoms with E-state index in [1.807, 2.05) is 38.2 Å². The molecular weight excluding hydrogens is 302 g/mol. The SMILES string of the molecule is C[C@H](C(=O)Nc1cnn(C)c1)c1ccc(C[C@@H]2CCCC2=O)cc1. The summed E-state index contributed by atoms with van der Waals surface area (Å²) >= 11 is 0. The number of carbonyl (C=O) groups is 2. The maximum atomic E-state index is 12.3. The van der Waals surface area contributed by atoms with Crippen LogP contribution in [0.5, 0.6) is 0 Å². The van der Waals surface area contributed by atoms with Crippen molar-refractivity contribution in [1.29, 1.82) is 0 Å². The molecule has 0 spiro atoms. The number of benzene rings is 1. The van der Waals surface area contributed by atoms with Crippen LogP contribution < -0.4 is 5.32 Å². The summed E-state index contributed by atoms with van der Waals surface area (Å²) in [5.41, 5.74) is 2.84. The van der Waals surface area contributed by atoms with Crippen LogP contribution in [0.25, 0.3) is 0 Å². The molecule has 5 nitrogen and oxygen atoms in total. The number of amides is 1. The zero-order valence-electron chi connectivity index (χ0n) is 14.2. The Bertz CT molecular complexity index is 733. The highest BCUT2D eigenvalue weighted by molar-refractivity contribution is 5.95. The fourth-order valence-corrected chi connectivity index (χ4v) is 3.22. The summed E-state index contributed by atoms with van der Waals surface area (Å²) in [6, 6.07) is 8.05. The zero-order chi connectivity index (χ0) is 17.1. The van der Waals surface area contributed by atoms with Gasteiger partial charge >= 0.3 is 0 Å². The largest absolute Gasteiger partial charge is 0.323 e. The van der Waals surface area contributed by atoms with Crippen molar-refractivity contribution in [2.24, 2.45) is 13.0 Å². The second kappa shape index (κ2) is 6.99. The molecule has 3 rings (SSSR count). The van der Waals surface area contributed by atoms with Crippen LogP contribution in [0.15, 0.2) is 36.7 Å². The smallest absolute Gasteiger partial charge is 0.231 e. The first-order chi connectivity index (χ1) is 11.5. The molecule has 1 aliphatic rings. The highest BCUT2D eigenvalue weighted by atomic mass is 16.2. The Morgan fingerprint density at radius 2 is 2.12 bits per heavy atom. The van der Waals surface area contributed by atoms with Crippen LogP contribution in [0.4, 0.5) is 5.69 Å². The first-order valence-electron chi connectivity index (χ1n) is 8.44. The summed E-state index contributed by atoms with van der Waals surface area (Å²) in [6.45, 7) is 1.89. The predicted octanol–water partition coefficient (Wildman–Crippen LogP) is 3.07. The van der Waals surface area contributed by atoms with Gasteiger partial charge in [-0.15, -0.1) is 0 Å². The minimum Gasteiger partial charge on any atom is -0.323 e. The Kier molecular flexibility index (Phi) is 4.79. The lowest BCUT2D eigenvalue weighted by molar-refractivity contribution is -0.120. The molecule has 0 radical (unpaired) electrons. The number of anilines is 1. The van der Waals surface area contributed by atoms with Crippen molar-refractivity contribution < 1.29 is 9.59 Å². The van der Waals surface area contributed by atoms with E-state index < -0.39 is 0 Å². The van der Waals surface area contributed by atoms with Crippen molar-refractivity contribution in [2.45, 2.75) is 38.5 Å². The summed E-state index contributed by atoms with van der Waals surface area (Å²) in [4.78, 5) is 24.1. The third kappa shape index (κ3) is 3.72. The van der Waals surface area contributed by atoms with Gasteiger partial charge in [0.05, 0.1) is 17.8 Å². The minimum absolute atomic E-state index is 0.0540. The Morgan fingerprint density at radius 3 is 2.71 bits per heavy atom. The van der Waals surface area contributed by atoms with E-state index in [1.54, 1.807) is 17.1 Å². The van der Waals surface area contributed by atoms with E-state index in [2.05, 4.69) is 10.4 Å². The van der Waals surface area contributed by atoms with E-state index in [0.717, 1.165) is 31.2 Å². The van der Waals surface area contributed by atoms with Gasteiger partial charge in [-0.3, -0.25) is 14.3 Å². The molecule has 24 heavy (non-hydrogen) atoms. The molecule has 0 saturated heterocycles. The first-order valence-corrected chi connectivity index (χ1v) is 8.44. The molecule has 1 amide bonds. The maximum Gasteiger partial charge on any atom is 0.231 e. The van der Waals surface area contributed by atoms with Gasteiger partial charge in [-0.1, -0.05) is 24.3 Å². The van der Waals surface area contributed by atoms with Gasteiger partial charge in [-0.05, 0) is 37.3 Å². The first kappa shape index (κ1) is 16.4. The van der Waals surface area contributed by atoms with Crippen molar-refractivity contribution >= 4 is 17.4 Å². The summed E-state index contributed by atoms with van der Waals surface area (Å²) in [5, 5.41) is 6.92. The zero-order valence-corrected chi connectivity index (χ0v) is 14.2. The highest BCUT2D eigenvalue weighted by Gasteiger charge is 2.24. The number of ketones is 1. The van der Waals surface area contributed by atoms with Crippen LogP contribution in [-0.2, 0) is 23.1 Å². The Balaban J connectivity index is 1.61. The second-order valence-electron chi connectivity index (χ2n) is 6.61. The van der Waals surface area contributed by atoms with Crippen LogP contribution >= 0.6 is 0 Å². The van der Waals surface area contributed by atoms with Gasteiger partial charge in [0, 0.05) is 25.6 Å². The number of Topliss-reactive ketones (excluding diaryl/α,β-unsaturated/α-hetero) is 1. The van der Waals surface area contributed by atoms with Crippen LogP contribution in [0.3, 0.4) is 0 Å². The van der Waals surface area contributed by atoms with Gasteiger partial charge in [0.25, 0.3) is 0 Å². The average Bonchev–Trinajstić information content (AvgIpc) is 3.16. The lowest BCUT2D eigenvalue weighted by Crippen LogP contribution is -2.18. The number of aromatic nitrogens is 2. The molecule has 1 aromatic carbocycles. The van der Waals surface area contributed by atoms with E-state index >= 15 is 0 Å². The Morgan fingerprint density at radius 1 is 1.38 bits per heavy atom. The fourth-order valence-electron chi connectivity index (χ4n) is 3.22. The van der Waals surface area contributed by atoms with E-state index in [1.165, 1.54) is 5.56 Å². The van der Waals surface area contributed by atoms with Crippen LogP contribution in [0, 0.1) is 5.92 Å². The average molecular weight is 325 g/mol. The normalized spacial score (nSPS) is 18.6. The maximum absolute atomic E-state index is 12.3. The fraction of sp³-hybridized carbons (Fsp3) is 0.421. The number of carbonyl (C=O) groups excluding carboxylic acids is 2. The van der Waals surface area contributed by atoms with Gasteiger partial charge < -0.3 is 5.32 Å². The standard InChI is InChI=1S/C19H23N3O2/c1-13(19(24)21-17-11-20-22(2)12-17)15-8-6-14(7-9-15)10-16-4-3-5-18(16)23/h6-9,11-13,16H,3-5,10H2,1-2H3,(H,21,24)/t13-,16-/m0/s1. The van der Waals surface area contributed by atoms with Crippen molar-refractivity contribution in [3.05, 3.63) is 47.8 Å². The minimum atomic E-state index is -0.243. The molecule has 1 N–H and O–H groups in total. The number of hydrogen-bond donors (Lipinski definition) is 1. The van der Waals surface area contributed by atoms with Crippen LogP contribution in [0.2, 0.25) is 0 Å². The molecule has 1 heterocycles. The van der Waals surface area contributed by atoms with Gasteiger partial charge in [0.2, 0.25) is 5.91 Å². The molecule has 5 heteroatoms. The molecule has 0 unspecified atom stereocenters. The van der Waals surface area contributed by atoms with E-state index in [0.29, 0.717) is 11.5 Å². The number of aryl methyl sites for hydroxylation is 1. The predicted molar refractivity (Wildman–Crippen MR) is 92.7 cm³/mol. The molecular formula is C19H23N3O2. The monoisotopic (exact) mass is 325 g/mol.